The van der Waals surface area contributed by atoms with Crippen LogP contribution in [-0.4, -0.2) is 172 Å². The summed E-state index contributed by atoms with van der Waals surface area (Å²) < 4.78 is 24.1. The molecule has 466 valence electrons. The first kappa shape index (κ1) is 66.8. The summed E-state index contributed by atoms with van der Waals surface area (Å²) in [5.41, 5.74) is 6.19. The number of aliphatic hydroxyl groups excluding tert-OH is 1. The molecule has 4 heterocycles. The summed E-state index contributed by atoms with van der Waals surface area (Å²) in [5.74, 6) is -1.79. The van der Waals surface area contributed by atoms with Crippen molar-refractivity contribution in [1.82, 2.24) is 31.1 Å². The Balaban J connectivity index is 0.883. The first-order valence-electron chi connectivity index (χ1n) is 29.9. The van der Waals surface area contributed by atoms with Crippen LogP contribution in [0.25, 0.3) is 0 Å². The van der Waals surface area contributed by atoms with Gasteiger partial charge in [-0.25, -0.2) is 9.79 Å². The van der Waals surface area contributed by atoms with E-state index in [9.17, 15) is 38.7 Å². The van der Waals surface area contributed by atoms with Gasteiger partial charge in [0.1, 0.15) is 6.10 Å². The molecule has 2 aromatic carbocycles. The van der Waals surface area contributed by atoms with Gasteiger partial charge in [-0.05, 0) is 79.3 Å². The summed E-state index contributed by atoms with van der Waals surface area (Å²) in [6, 6.07) is 21.3. The number of nitrogens with zero attached hydrogens (tertiary/aromatic N) is 3. The van der Waals surface area contributed by atoms with Crippen molar-refractivity contribution in [1.29, 1.82) is 0 Å². The van der Waals surface area contributed by atoms with Crippen LogP contribution in [0.1, 0.15) is 99.8 Å². The monoisotopic (exact) mass is 1220 g/mol. The number of imide groups is 1. The summed E-state index contributed by atoms with van der Waals surface area (Å²) in [5, 5.41) is 25.6. The minimum atomic E-state index is -2.73. The SMILES string of the molecule is CO[C@H]1C[C@H](C)CC2=C(NCCCNC(=O)CCCN3C(=O)CC(SC[C@H]4CCN5CC[C@H](CO[Si](c6ccccc6)(c6ccccc6)C(C)(C)C)N=C5N4)C3=O)C(=O)C=C(NC(=O)/C(C)=C/C=C\[C@@H](OC)[C@@H](OC(N)=O)/C(C)=C/[C@H](C)[C@H]1O)C2=O. The second-order valence-corrected chi connectivity index (χ2v) is 29.6. The number of nitrogens with two attached hydrogens (primary N) is 1. The smallest absolute Gasteiger partial charge is 0.405 e. The Hall–Kier alpha value is -6.69. The molecule has 0 aromatic heterocycles. The van der Waals surface area contributed by atoms with Gasteiger partial charge in [-0.15, -0.1) is 11.8 Å². The maximum absolute atomic E-state index is 14.2. The molecule has 9 atom stereocenters. The number of ether oxygens (including phenoxy) is 3. The molecule has 2 aromatic rings. The van der Waals surface area contributed by atoms with E-state index in [1.54, 1.807) is 26.0 Å². The molecule has 2 saturated heterocycles. The third kappa shape index (κ3) is 16.9. The number of methoxy groups -OCH3 is 2. The molecule has 5 amide bonds. The normalized spacial score (nSPS) is 27.1. The highest BCUT2D eigenvalue weighted by atomic mass is 32.2. The van der Waals surface area contributed by atoms with Crippen molar-refractivity contribution in [2.24, 2.45) is 22.6 Å². The number of fused-ring (bicyclic) bond motifs is 3. The molecule has 7 rings (SSSR count). The van der Waals surface area contributed by atoms with Crippen molar-refractivity contribution in [2.75, 3.05) is 59.3 Å². The lowest BCUT2D eigenvalue weighted by Gasteiger charge is -2.44. The van der Waals surface area contributed by atoms with Crippen LogP contribution in [0.15, 0.2) is 124 Å². The molecule has 22 heteroatoms. The van der Waals surface area contributed by atoms with Gasteiger partial charge in [0, 0.05) is 94.7 Å². The average molecular weight is 1220 g/mol. The molecule has 7 N–H and O–H groups in total. The van der Waals surface area contributed by atoms with Gasteiger partial charge in [0.2, 0.25) is 29.3 Å². The Bertz CT molecular complexity index is 2920. The van der Waals surface area contributed by atoms with Gasteiger partial charge in [0.15, 0.2) is 12.1 Å². The Morgan fingerprint density at radius 1 is 0.919 bits per heavy atom. The van der Waals surface area contributed by atoms with Crippen LogP contribution in [0.3, 0.4) is 0 Å². The highest BCUT2D eigenvalue weighted by Crippen LogP contribution is 2.38. The number of amides is 5. The molecule has 2 bridgehead atoms. The third-order valence-electron chi connectivity index (χ3n) is 16.6. The minimum absolute atomic E-state index is 0.0229. The number of Topliss-reactive ketones (excluding diaryl/α,β-unsaturated/α-hetero) is 1. The Morgan fingerprint density at radius 3 is 2.26 bits per heavy atom. The molecule has 0 spiro atoms. The number of primary amides is 1. The van der Waals surface area contributed by atoms with Crippen LogP contribution in [-0.2, 0) is 47.4 Å². The molecule has 20 nitrogen and oxygen atoms in total. The molecule has 1 unspecified atom stereocenters. The van der Waals surface area contributed by atoms with Gasteiger partial charge in [-0.3, -0.25) is 33.7 Å². The molecule has 0 saturated carbocycles. The number of aliphatic hydroxyl groups is 1. The van der Waals surface area contributed by atoms with Crippen LogP contribution >= 0.6 is 11.8 Å². The molecule has 0 radical (unpaired) electrons. The van der Waals surface area contributed by atoms with E-state index in [-0.39, 0.29) is 109 Å². The summed E-state index contributed by atoms with van der Waals surface area (Å²) in [6.45, 7) is 16.5. The fourth-order valence-corrected chi connectivity index (χ4v) is 17.8. The number of thioether (sulfide) groups is 1. The second kappa shape index (κ2) is 30.8. The van der Waals surface area contributed by atoms with E-state index in [1.165, 1.54) is 60.3 Å². The van der Waals surface area contributed by atoms with Crippen molar-refractivity contribution in [3.05, 3.63) is 119 Å². The molecular weight excluding hydrogens is 1130 g/mol. The third-order valence-corrected chi connectivity index (χ3v) is 23.0. The van der Waals surface area contributed by atoms with Crippen LogP contribution in [0, 0.1) is 11.8 Å². The van der Waals surface area contributed by atoms with Crippen LogP contribution in [0.5, 0.6) is 0 Å². The lowest BCUT2D eigenvalue weighted by atomic mass is 9.85. The van der Waals surface area contributed by atoms with Gasteiger partial charge < -0.3 is 55.6 Å². The molecule has 4 aliphatic heterocycles. The number of ketones is 2. The van der Waals surface area contributed by atoms with Gasteiger partial charge in [0.05, 0.1) is 41.5 Å². The second-order valence-electron chi connectivity index (χ2n) is 24.1. The van der Waals surface area contributed by atoms with Crippen molar-refractivity contribution in [3.63, 3.8) is 0 Å². The molecular formula is C64H88N8O12SSi. The number of allylic oxidation sites excluding steroid dienone is 4. The lowest BCUT2D eigenvalue weighted by Crippen LogP contribution is -2.67. The predicted molar refractivity (Wildman–Crippen MR) is 335 cm³/mol. The number of likely N-dealkylation sites (tertiary alicyclic amines) is 1. The Kier molecular flexibility index (Phi) is 23.9. The van der Waals surface area contributed by atoms with Crippen molar-refractivity contribution in [2.45, 2.75) is 147 Å². The van der Waals surface area contributed by atoms with Gasteiger partial charge >= 0.3 is 6.09 Å². The Morgan fingerprint density at radius 2 is 1.60 bits per heavy atom. The van der Waals surface area contributed by atoms with Gasteiger partial charge in [0.25, 0.3) is 14.2 Å². The molecule has 5 aliphatic rings. The standard InChI is InChI=1S/C64H88N8O12SSi/c1-40-33-48-56(50(73)36-49(58(48)77)70-60(78)41(2)19-16-24-51(81-8)59(84-62(65)80)43(4)35-42(3)57(76)52(34-40)82-9)67-29-18-28-66-54(74)25-17-30-72-55(75)37-53(61(72)79)85-39-45-27-32-71-31-26-44(68-63(71)69-45)38-83-86(64(5,6)7,46-20-12-10-13-21-46)47-22-14-11-15-23-47/h10-16,19-24,35-36,40,42,44-45,51-53,57,59,67,76H,17-18,25-34,37-39H2,1-9H3,(H2,65,80)(H,66,74)(H,68,69)(H,70,78)/b24-16-,41-19+,43-35+/t40-,42+,44-,45-,51-,52+,53?,57-,59+/m1/s1. The number of hydrogen-bond acceptors (Lipinski definition) is 17. The number of rotatable bonds is 20. The zero-order valence-electron chi connectivity index (χ0n) is 51.2. The highest BCUT2D eigenvalue weighted by Gasteiger charge is 2.51. The summed E-state index contributed by atoms with van der Waals surface area (Å²) in [7, 11) is 0.157. The van der Waals surface area contributed by atoms with Crippen molar-refractivity contribution >= 4 is 77.7 Å². The minimum Gasteiger partial charge on any atom is -0.439 e. The average Bonchev–Trinajstić information content (AvgIpc) is 0.966. The maximum atomic E-state index is 14.2. The quantitative estimate of drug-likeness (QED) is 0.0340. The maximum Gasteiger partial charge on any atom is 0.405 e. The summed E-state index contributed by atoms with van der Waals surface area (Å²) in [4.78, 5) is 102. The number of hydrogen-bond donors (Lipinski definition) is 6. The van der Waals surface area contributed by atoms with Gasteiger partial charge in [-0.2, -0.15) is 0 Å². The number of carbonyl (C=O) groups excluding carboxylic acids is 7. The van der Waals surface area contributed by atoms with E-state index in [4.69, 9.17) is 29.4 Å². The molecule has 2 fully saturated rings. The fourth-order valence-electron chi connectivity index (χ4n) is 11.9. The highest BCUT2D eigenvalue weighted by molar-refractivity contribution is 8.00. The number of aliphatic imine (C=N–C) groups is 1. The number of carbonyl (C=O) groups is 7. The van der Waals surface area contributed by atoms with E-state index in [1.807, 2.05) is 19.1 Å². The van der Waals surface area contributed by atoms with Crippen LogP contribution in [0.2, 0.25) is 5.04 Å². The fraction of sp³-hybridized carbons (Fsp3) is 0.531. The lowest BCUT2D eigenvalue weighted by molar-refractivity contribution is -0.138. The number of benzene rings is 2. The van der Waals surface area contributed by atoms with E-state index >= 15 is 0 Å². The van der Waals surface area contributed by atoms with Crippen molar-refractivity contribution < 1.29 is 57.3 Å². The zero-order valence-corrected chi connectivity index (χ0v) is 53.0. The van der Waals surface area contributed by atoms with Crippen molar-refractivity contribution in [3.8, 4) is 0 Å². The van der Waals surface area contributed by atoms with E-state index < -0.39 is 67.5 Å². The summed E-state index contributed by atoms with van der Waals surface area (Å²) >= 11 is 1.49. The van der Waals surface area contributed by atoms with Gasteiger partial charge in [-0.1, -0.05) is 120 Å². The van der Waals surface area contributed by atoms with E-state index in [2.05, 4.69) is 95.5 Å². The van der Waals surface area contributed by atoms with Crippen LogP contribution in [0.4, 0.5) is 4.79 Å². The Labute approximate surface area is 511 Å². The topological polar surface area (TPSA) is 270 Å². The van der Waals surface area contributed by atoms with E-state index in [0.29, 0.717) is 30.8 Å². The first-order chi connectivity index (χ1) is 41.0. The molecule has 86 heavy (non-hydrogen) atoms. The summed E-state index contributed by atoms with van der Waals surface area (Å²) in [6.07, 6.45) is 5.82. The number of nitrogens with one attached hydrogen (secondary N) is 4. The van der Waals surface area contributed by atoms with E-state index in [0.717, 1.165) is 38.0 Å². The predicted octanol–water partition coefficient (Wildman–Crippen LogP) is 4.87. The largest absolute Gasteiger partial charge is 0.439 e. The number of guanidine groups is 1. The molecule has 1 aliphatic carbocycles. The van der Waals surface area contributed by atoms with Crippen LogP contribution < -0.4 is 37.4 Å². The first-order valence-corrected chi connectivity index (χ1v) is 32.9. The zero-order chi connectivity index (χ0) is 62.3.